The molecular formula is C62H78F5N11O8S. The molecule has 5 amide bonds. The van der Waals surface area contributed by atoms with Crippen LogP contribution < -0.4 is 25.8 Å². The van der Waals surface area contributed by atoms with Crippen LogP contribution in [0.3, 0.4) is 0 Å². The molecule has 0 unspecified atom stereocenters. The van der Waals surface area contributed by atoms with Crippen LogP contribution in [-0.4, -0.2) is 174 Å². The van der Waals surface area contributed by atoms with Crippen LogP contribution in [0.5, 0.6) is 0 Å². The number of carbonyl (C=O) groups is 5. The van der Waals surface area contributed by atoms with E-state index in [-0.39, 0.29) is 86.0 Å². The third-order valence-corrected chi connectivity index (χ3v) is 17.3. The van der Waals surface area contributed by atoms with Gasteiger partial charge in [-0.3, -0.25) is 28.9 Å². The van der Waals surface area contributed by atoms with Crippen molar-refractivity contribution in [3.05, 3.63) is 107 Å². The Morgan fingerprint density at radius 1 is 0.816 bits per heavy atom. The molecule has 5 heterocycles. The summed E-state index contributed by atoms with van der Waals surface area (Å²) in [5.74, 6) is -4.33. The lowest BCUT2D eigenvalue weighted by atomic mass is 9.85. The number of aryl methyl sites for hydroxylation is 1. The van der Waals surface area contributed by atoms with Crippen molar-refractivity contribution in [2.45, 2.75) is 118 Å². The van der Waals surface area contributed by atoms with Crippen LogP contribution in [0.4, 0.5) is 39.3 Å². The largest absolute Gasteiger partial charge is 0.417 e. The zero-order chi connectivity index (χ0) is 63.3. The van der Waals surface area contributed by atoms with E-state index in [0.29, 0.717) is 51.6 Å². The maximum Gasteiger partial charge on any atom is 0.417 e. The van der Waals surface area contributed by atoms with Crippen LogP contribution in [0, 0.1) is 29.4 Å². The van der Waals surface area contributed by atoms with Gasteiger partial charge in [0.25, 0.3) is 5.91 Å². The van der Waals surface area contributed by atoms with E-state index in [1.54, 1.807) is 42.5 Å². The third kappa shape index (κ3) is 16.3. The lowest BCUT2D eigenvalue weighted by Crippen LogP contribution is -2.58. The Bertz CT molecular complexity index is 3250. The molecule has 470 valence electrons. The number of anilines is 3. The van der Waals surface area contributed by atoms with E-state index in [9.17, 15) is 46.6 Å². The second-order valence-electron chi connectivity index (χ2n) is 24.7. The molecule has 3 aromatic carbocycles. The number of nitrogens with one attached hydrogen (secondary N) is 3. The molecule has 87 heavy (non-hydrogen) atoms. The van der Waals surface area contributed by atoms with E-state index in [1.807, 2.05) is 82.7 Å². The number of piperazine rings is 2. The Hall–Kier alpha value is -7.19. The minimum atomic E-state index is -5.03. The topological polar surface area (TPSA) is 215 Å². The van der Waals surface area contributed by atoms with Gasteiger partial charge in [-0.1, -0.05) is 58.9 Å². The highest BCUT2D eigenvalue weighted by Gasteiger charge is 2.45. The van der Waals surface area contributed by atoms with E-state index in [2.05, 4.69) is 35.8 Å². The van der Waals surface area contributed by atoms with Crippen molar-refractivity contribution in [2.24, 2.45) is 10.8 Å². The summed E-state index contributed by atoms with van der Waals surface area (Å²) in [6.45, 7) is 19.1. The summed E-state index contributed by atoms with van der Waals surface area (Å²) in [7, 11) is 1.96. The molecule has 4 N–H and O–H groups in total. The predicted molar refractivity (Wildman–Crippen MR) is 321 cm³/mol. The number of hydrogen-bond acceptors (Lipinski definition) is 15. The summed E-state index contributed by atoms with van der Waals surface area (Å²) < 4.78 is 83.9. The molecule has 0 radical (unpaired) electrons. The van der Waals surface area contributed by atoms with Crippen molar-refractivity contribution in [1.29, 1.82) is 0 Å². The number of alkyl halides is 3. The van der Waals surface area contributed by atoms with Crippen LogP contribution >= 0.6 is 11.3 Å². The summed E-state index contributed by atoms with van der Waals surface area (Å²) in [5, 5.41) is 19.1. The van der Waals surface area contributed by atoms with Gasteiger partial charge in [0.05, 0.1) is 57.3 Å². The molecule has 8 rings (SSSR count). The van der Waals surface area contributed by atoms with Crippen LogP contribution in [0.15, 0.2) is 72.5 Å². The fourth-order valence-corrected chi connectivity index (χ4v) is 11.8. The number of rotatable bonds is 20. The van der Waals surface area contributed by atoms with Crippen LogP contribution in [0.25, 0.3) is 21.6 Å². The number of carbonyl (C=O) groups excluding carboxylic acids is 5. The van der Waals surface area contributed by atoms with E-state index in [4.69, 9.17) is 9.47 Å². The lowest BCUT2D eigenvalue weighted by molar-refractivity contribution is -0.145. The number of amides is 5. The first kappa shape index (κ1) is 65.8. The Balaban J connectivity index is 0.784. The van der Waals surface area contributed by atoms with Crippen molar-refractivity contribution in [3.8, 4) is 21.6 Å². The maximum absolute atomic E-state index is 16.2. The minimum Gasteiger partial charge on any atom is -0.391 e. The summed E-state index contributed by atoms with van der Waals surface area (Å²) in [5.41, 5.74) is 1.63. The SMILES string of the molecule is Cc1ncsc1-c1ccc([C@H](C)NC(=O)[C@@H]2C[C@@H](O)CN2C(=O)[C@@H](NC(=O)COCC(C)(C)CCOCC(=O)N2CCN(c3ncc(-c4cc(NC(=O)c5ccc(F)cc5C(F)(F)F)c(N5C[C@@H](C)N(C)[C@@H](C)C5)cc4F)cn3)CC2)C(C)(C)C)cc1. The van der Waals surface area contributed by atoms with E-state index >= 15 is 4.39 Å². The molecule has 3 aliphatic heterocycles. The number of halogens is 5. The summed E-state index contributed by atoms with van der Waals surface area (Å²) >= 11 is 1.55. The Morgan fingerprint density at radius 3 is 2.10 bits per heavy atom. The molecular weight excluding hydrogens is 1150 g/mol. The van der Waals surface area contributed by atoms with Crippen LogP contribution in [0.1, 0.15) is 101 Å². The number of aliphatic hydroxyl groups excluding tert-OH is 1. The highest BCUT2D eigenvalue weighted by atomic mass is 32.1. The lowest BCUT2D eigenvalue weighted by Gasteiger charge is -2.44. The number of nitrogens with zero attached hydrogens (tertiary/aromatic N) is 8. The molecule has 19 nitrogen and oxygen atoms in total. The standard InChI is InChI=1S/C62H78F5N11O8S/c1-36-29-77(30-37(2)74(36)10)50-26-48(64)46(25-49(50)72-56(82)45-16-15-43(63)23-47(45)62(65,66)67)42-27-68-59(69-28-42)76-20-18-75(19-21-76)53(81)33-85-22-17-61(8,9)34-86-32-52(80)73-55(60(5,6)7)58(84)78-31-44(79)24-51(78)57(83)71-38(3)40-11-13-41(14-12-40)54-39(4)70-35-87-54/h11-16,23,25-28,35-38,44,51,55,79H,17-22,24,29-34H2,1-10H3,(H,71,83)(H,72,82)(H,73,80)/t36-,37+,38-,44+,51-,55+/m0/s1. The Kier molecular flexibility index (Phi) is 20.8. The average molecular weight is 1230 g/mol. The van der Waals surface area contributed by atoms with Crippen molar-refractivity contribution in [2.75, 3.05) is 94.4 Å². The first-order chi connectivity index (χ1) is 41.0. The quantitative estimate of drug-likeness (QED) is 0.0428. The summed E-state index contributed by atoms with van der Waals surface area (Å²) in [6.07, 6.45) is -2.62. The number of aromatic nitrogens is 3. The van der Waals surface area contributed by atoms with Gasteiger partial charge in [-0.2, -0.15) is 13.2 Å². The first-order valence-corrected chi connectivity index (χ1v) is 29.9. The Morgan fingerprint density at radius 2 is 1.48 bits per heavy atom. The number of likely N-dealkylation sites (N-methyl/N-ethyl adjacent to an activating group) is 1. The minimum absolute atomic E-state index is 0.0104. The molecule has 0 aliphatic carbocycles. The number of β-amino-alcohol motifs (C(OH)–C–C–N with tert-alkyl or cyclic N) is 1. The third-order valence-electron chi connectivity index (χ3n) is 16.4. The van der Waals surface area contributed by atoms with Crippen molar-refractivity contribution in [3.63, 3.8) is 0 Å². The number of likely N-dealkylation sites (tertiary alicyclic amines) is 1. The molecule has 3 fully saturated rings. The van der Waals surface area contributed by atoms with Gasteiger partial charge in [0.2, 0.25) is 29.6 Å². The smallest absolute Gasteiger partial charge is 0.391 e. The Labute approximate surface area is 508 Å². The molecule has 3 saturated heterocycles. The fourth-order valence-electron chi connectivity index (χ4n) is 11.0. The van der Waals surface area contributed by atoms with Crippen molar-refractivity contribution >= 4 is 58.2 Å². The van der Waals surface area contributed by atoms with E-state index < -0.39 is 87.6 Å². The molecule has 6 atom stereocenters. The highest BCUT2D eigenvalue weighted by molar-refractivity contribution is 7.13. The summed E-state index contributed by atoms with van der Waals surface area (Å²) in [6, 6.07) is 9.83. The molecule has 0 saturated carbocycles. The molecule has 0 bridgehead atoms. The number of hydrogen-bond donors (Lipinski definition) is 4. The van der Waals surface area contributed by atoms with Gasteiger partial charge in [-0.05, 0) is 93.5 Å². The maximum atomic E-state index is 16.2. The van der Waals surface area contributed by atoms with Gasteiger partial charge in [-0.25, -0.2) is 23.7 Å². The average Bonchev–Trinajstić information content (AvgIpc) is 1.67. The second kappa shape index (κ2) is 27.5. The van der Waals surface area contributed by atoms with Crippen LogP contribution in [-0.2, 0) is 34.8 Å². The number of ether oxygens (including phenoxy) is 2. The van der Waals surface area contributed by atoms with Gasteiger partial charge >= 0.3 is 6.18 Å². The van der Waals surface area contributed by atoms with Gasteiger partial charge < -0.3 is 50.1 Å². The molecule has 3 aliphatic rings. The zero-order valence-electron chi connectivity index (χ0n) is 50.8. The normalized spacial score (nSPS) is 19.4. The molecule has 25 heteroatoms. The number of aliphatic hydroxyl groups is 1. The van der Waals surface area contributed by atoms with E-state index in [1.165, 1.54) is 29.4 Å². The number of thiazole rings is 1. The van der Waals surface area contributed by atoms with Gasteiger partial charge in [0.15, 0.2) is 0 Å². The van der Waals surface area contributed by atoms with Crippen LogP contribution in [0.2, 0.25) is 0 Å². The zero-order valence-corrected chi connectivity index (χ0v) is 51.6. The fraction of sp³-hybridized carbons (Fsp3) is 0.516. The van der Waals surface area contributed by atoms with Crippen molar-refractivity contribution < 1.29 is 60.5 Å². The molecule has 5 aromatic rings. The second-order valence-corrected chi connectivity index (χ2v) is 25.6. The molecule has 2 aromatic heterocycles. The summed E-state index contributed by atoms with van der Waals surface area (Å²) in [4.78, 5) is 91.4. The van der Waals surface area contributed by atoms with E-state index in [0.717, 1.165) is 33.8 Å². The van der Waals surface area contributed by atoms with Gasteiger partial charge in [0, 0.05) is 94.4 Å². The van der Waals surface area contributed by atoms with Crippen molar-refractivity contribution in [1.82, 2.24) is 40.3 Å². The molecule has 0 spiro atoms. The monoisotopic (exact) mass is 1230 g/mol. The first-order valence-electron chi connectivity index (χ1n) is 29.1. The van der Waals surface area contributed by atoms with Gasteiger partial charge in [0.1, 0.15) is 36.9 Å². The predicted octanol–water partition coefficient (Wildman–Crippen LogP) is 8.12. The number of benzene rings is 3. The van der Waals surface area contributed by atoms with Gasteiger partial charge in [-0.15, -0.1) is 11.3 Å². The highest BCUT2D eigenvalue weighted by Crippen LogP contribution is 2.39.